The van der Waals surface area contributed by atoms with Gasteiger partial charge in [0.2, 0.25) is 0 Å². The number of unbranched alkanes of at least 4 members (excludes halogenated alkanes) is 1. The molecule has 0 bridgehead atoms. The molecular formula is C44H61N3O8S4. The van der Waals surface area contributed by atoms with Gasteiger partial charge in [-0.1, -0.05) is 136 Å². The number of amides is 2. The van der Waals surface area contributed by atoms with E-state index in [9.17, 15) is 29.2 Å². The van der Waals surface area contributed by atoms with Crippen LogP contribution in [0.3, 0.4) is 0 Å². The first kappa shape index (κ1) is 48.6. The Kier molecular flexibility index (Phi) is 17.0. The van der Waals surface area contributed by atoms with E-state index in [1.54, 1.807) is 13.8 Å². The minimum Gasteiger partial charge on any atom is -0.461 e. The molecule has 3 unspecified atom stereocenters. The molecule has 3 aliphatic rings. The van der Waals surface area contributed by atoms with E-state index in [-0.39, 0.29) is 70.7 Å². The number of hydrazine groups is 1. The monoisotopic (exact) mass is 887 g/mol. The summed E-state index contributed by atoms with van der Waals surface area (Å²) in [7, 11) is 0. The number of fused-ring (bicyclic) bond motifs is 2. The Morgan fingerprint density at radius 3 is 1.54 bits per heavy atom. The van der Waals surface area contributed by atoms with E-state index >= 15 is 0 Å². The largest absolute Gasteiger partial charge is 0.461 e. The smallest absolute Gasteiger partial charge is 0.350 e. The maximum absolute atomic E-state index is 13.8. The van der Waals surface area contributed by atoms with Gasteiger partial charge < -0.3 is 14.2 Å². The molecule has 324 valence electrons. The summed E-state index contributed by atoms with van der Waals surface area (Å²) in [4.78, 5) is 70.4. The van der Waals surface area contributed by atoms with Gasteiger partial charge in [0.1, 0.15) is 11.6 Å². The lowest BCUT2D eigenvalue weighted by Crippen LogP contribution is -2.40. The van der Waals surface area contributed by atoms with E-state index in [2.05, 4.69) is 54.5 Å². The molecule has 3 atom stereocenters. The second-order valence-corrected chi connectivity index (χ2v) is 22.6. The summed E-state index contributed by atoms with van der Waals surface area (Å²) in [5, 5.41) is 13.2. The second kappa shape index (κ2) is 20.7. The zero-order chi connectivity index (χ0) is 44.0. The number of benzene rings is 1. The van der Waals surface area contributed by atoms with Crippen LogP contribution in [0.15, 0.2) is 39.2 Å². The summed E-state index contributed by atoms with van der Waals surface area (Å²) in [6.45, 7) is 25.2. The van der Waals surface area contributed by atoms with Gasteiger partial charge in [-0.25, -0.2) is 14.8 Å². The SMILES string of the molecule is CCCCC(CC)COC(=O)C(C#N)=C1Sc2c(OC(=O)CC(C)CC(C)(C)C)c3c(c(OC(=O)CC(C)CC(C)(C)C)c2S1)SC(=C1C(=O)N(CC)N(CC)C1=O)S3. The number of thioether (sulfide) groups is 4. The Morgan fingerprint density at radius 2 is 1.17 bits per heavy atom. The van der Waals surface area contributed by atoms with Crippen molar-refractivity contribution in [2.24, 2.45) is 28.6 Å². The van der Waals surface area contributed by atoms with Gasteiger partial charge in [0.25, 0.3) is 11.8 Å². The maximum Gasteiger partial charge on any atom is 0.350 e. The minimum absolute atomic E-state index is 0.00544. The van der Waals surface area contributed by atoms with Crippen LogP contribution in [0, 0.1) is 39.9 Å². The highest BCUT2D eigenvalue weighted by atomic mass is 32.2. The van der Waals surface area contributed by atoms with Crippen LogP contribution < -0.4 is 9.47 Å². The van der Waals surface area contributed by atoms with Crippen molar-refractivity contribution in [3.63, 3.8) is 0 Å². The second-order valence-electron chi connectivity index (χ2n) is 18.0. The summed E-state index contributed by atoms with van der Waals surface area (Å²) < 4.78 is 19.0. The number of carbonyl (C=O) groups excluding carboxylic acids is 5. The molecule has 1 aromatic carbocycles. The number of likely N-dealkylation sites (N-methyl/N-ethyl adjacent to an activating group) is 2. The lowest BCUT2D eigenvalue weighted by atomic mass is 9.84. The fourth-order valence-corrected chi connectivity index (χ4v) is 13.0. The molecule has 4 rings (SSSR count). The van der Waals surface area contributed by atoms with Crippen molar-refractivity contribution in [1.29, 1.82) is 5.26 Å². The summed E-state index contributed by atoms with van der Waals surface area (Å²) in [6.07, 6.45) is 5.55. The van der Waals surface area contributed by atoms with Gasteiger partial charge in [-0.3, -0.25) is 19.2 Å². The van der Waals surface area contributed by atoms with Crippen molar-refractivity contribution in [1.82, 2.24) is 10.0 Å². The number of ether oxygens (including phenoxy) is 3. The molecule has 15 heteroatoms. The fraction of sp³-hybridized carbons (Fsp3) is 0.636. The molecule has 3 aliphatic heterocycles. The normalized spacial score (nSPS) is 16.8. The van der Waals surface area contributed by atoms with E-state index in [1.165, 1.54) is 10.0 Å². The van der Waals surface area contributed by atoms with Crippen LogP contribution in [-0.4, -0.2) is 59.4 Å². The van der Waals surface area contributed by atoms with Gasteiger partial charge in [0, 0.05) is 25.9 Å². The van der Waals surface area contributed by atoms with Crippen molar-refractivity contribution in [3.8, 4) is 17.6 Å². The zero-order valence-electron chi connectivity index (χ0n) is 36.8. The summed E-state index contributed by atoms with van der Waals surface area (Å²) >= 11 is 4.40. The quantitative estimate of drug-likeness (QED) is 0.0482. The van der Waals surface area contributed by atoms with Gasteiger partial charge in [-0.05, 0) is 61.7 Å². The van der Waals surface area contributed by atoms with Gasteiger partial charge in [0.05, 0.1) is 34.7 Å². The first-order valence-electron chi connectivity index (χ1n) is 20.7. The van der Waals surface area contributed by atoms with E-state index in [0.717, 1.165) is 85.6 Å². The summed E-state index contributed by atoms with van der Waals surface area (Å²) in [5.74, 6) is -2.12. The third-order valence-electron chi connectivity index (χ3n) is 9.90. The molecule has 2 amide bonds. The molecule has 0 N–H and O–H groups in total. The average molecular weight is 888 g/mol. The number of nitrogens with zero attached hydrogens (tertiary/aromatic N) is 3. The number of nitriles is 1. The van der Waals surface area contributed by atoms with Crippen molar-refractivity contribution in [2.75, 3.05) is 19.7 Å². The van der Waals surface area contributed by atoms with Crippen LogP contribution in [0.5, 0.6) is 11.5 Å². The third-order valence-corrected chi connectivity index (χ3v) is 15.1. The van der Waals surface area contributed by atoms with E-state index in [4.69, 9.17) is 14.2 Å². The van der Waals surface area contributed by atoms with E-state index < -0.39 is 29.7 Å². The molecule has 11 nitrogen and oxygen atoms in total. The number of carbonyl (C=O) groups is 5. The number of hydrogen-bond acceptors (Lipinski definition) is 13. The number of rotatable bonds is 17. The lowest BCUT2D eigenvalue weighted by Gasteiger charge is -2.24. The predicted octanol–water partition coefficient (Wildman–Crippen LogP) is 11.1. The van der Waals surface area contributed by atoms with Crippen LogP contribution in [-0.2, 0) is 28.7 Å². The number of hydrogen-bond donors (Lipinski definition) is 0. The average Bonchev–Trinajstić information content (AvgIpc) is 3.82. The van der Waals surface area contributed by atoms with Crippen LogP contribution >= 0.6 is 47.0 Å². The molecule has 0 saturated carbocycles. The molecule has 0 spiro atoms. The third kappa shape index (κ3) is 12.3. The van der Waals surface area contributed by atoms with Crippen molar-refractivity contribution in [2.45, 2.75) is 154 Å². The highest BCUT2D eigenvalue weighted by Gasteiger charge is 2.46. The molecular weight excluding hydrogens is 827 g/mol. The van der Waals surface area contributed by atoms with Crippen LogP contribution in [0.4, 0.5) is 0 Å². The Bertz CT molecular complexity index is 1820. The van der Waals surface area contributed by atoms with E-state index in [1.807, 2.05) is 20.8 Å². The summed E-state index contributed by atoms with van der Waals surface area (Å²) in [5.41, 5.74) is -0.246. The first-order valence-corrected chi connectivity index (χ1v) is 24.0. The van der Waals surface area contributed by atoms with Crippen molar-refractivity contribution in [3.05, 3.63) is 19.6 Å². The molecule has 59 heavy (non-hydrogen) atoms. The molecule has 0 radical (unpaired) electrons. The Labute approximate surface area is 367 Å². The maximum atomic E-state index is 13.8. The Morgan fingerprint density at radius 1 is 0.729 bits per heavy atom. The van der Waals surface area contributed by atoms with Gasteiger partial charge >= 0.3 is 17.9 Å². The first-order chi connectivity index (χ1) is 27.7. The van der Waals surface area contributed by atoms with Crippen LogP contribution in [0.2, 0.25) is 0 Å². The minimum atomic E-state index is -0.753. The molecule has 0 aliphatic carbocycles. The topological polar surface area (TPSA) is 143 Å². The molecule has 0 aromatic heterocycles. The predicted molar refractivity (Wildman–Crippen MR) is 236 cm³/mol. The van der Waals surface area contributed by atoms with Crippen molar-refractivity contribution < 1.29 is 38.2 Å². The Balaban J connectivity index is 1.88. The highest BCUT2D eigenvalue weighted by molar-refractivity contribution is 8.26. The van der Waals surface area contributed by atoms with Gasteiger partial charge in [-0.2, -0.15) is 5.26 Å². The standard InChI is InChI=1S/C44H61N3O8S4/c1-13-17-18-27(14-2)24-53-40(52)28(23-45)41-56-34-32(54-29(48)19-25(5)21-43(7,8)9)36-37(33(35(34)57-41)55-30(49)20-26(6)22-44(10,11)12)59-42(58-36)31-38(50)46(15-3)47(16-4)39(31)51/h25-27H,13-22,24H2,1-12H3. The van der Waals surface area contributed by atoms with Crippen LogP contribution in [0.1, 0.15) is 134 Å². The van der Waals surface area contributed by atoms with Gasteiger partial charge in [-0.15, -0.1) is 0 Å². The molecule has 1 fully saturated rings. The molecule has 3 heterocycles. The van der Waals surface area contributed by atoms with Gasteiger partial charge in [0.15, 0.2) is 17.1 Å². The van der Waals surface area contributed by atoms with Crippen LogP contribution in [0.25, 0.3) is 0 Å². The molecule has 1 aromatic rings. The Hall–Kier alpha value is -3.06. The summed E-state index contributed by atoms with van der Waals surface area (Å²) in [6, 6.07) is 2.06. The van der Waals surface area contributed by atoms with E-state index in [0.29, 0.717) is 41.1 Å². The highest BCUT2D eigenvalue weighted by Crippen LogP contribution is 2.68. The number of esters is 3. The van der Waals surface area contributed by atoms with Crippen molar-refractivity contribution >= 4 is 76.8 Å². The fourth-order valence-electron chi connectivity index (χ4n) is 7.62. The lowest BCUT2D eigenvalue weighted by molar-refractivity contribution is -0.145. The molecule has 1 saturated heterocycles. The zero-order valence-corrected chi connectivity index (χ0v) is 40.0.